The molecule has 6 nitrogen and oxygen atoms in total. The van der Waals surface area contributed by atoms with E-state index in [1.165, 1.54) is 12.1 Å². The van der Waals surface area contributed by atoms with Gasteiger partial charge in [-0.3, -0.25) is 9.59 Å². The molecule has 2 amide bonds. The summed E-state index contributed by atoms with van der Waals surface area (Å²) in [5.41, 5.74) is 0.473. The average molecular weight is 339 g/mol. The summed E-state index contributed by atoms with van der Waals surface area (Å²) >= 11 is 0. The van der Waals surface area contributed by atoms with Gasteiger partial charge in [0.2, 0.25) is 0 Å². The minimum absolute atomic E-state index is 0.236. The SMILES string of the molecule is CC(CCOc1ccccc1)C(=O)ON1C(=O)c2ccccc2C1=O. The molecule has 0 aliphatic carbocycles. The van der Waals surface area contributed by atoms with Gasteiger partial charge in [-0.15, -0.1) is 0 Å². The number of carbonyl (C=O) groups is 3. The van der Waals surface area contributed by atoms with E-state index in [0.29, 0.717) is 23.8 Å². The van der Waals surface area contributed by atoms with Crippen molar-refractivity contribution in [2.45, 2.75) is 13.3 Å². The zero-order chi connectivity index (χ0) is 17.8. The highest BCUT2D eigenvalue weighted by Gasteiger charge is 2.39. The van der Waals surface area contributed by atoms with Crippen LogP contribution >= 0.6 is 0 Å². The number of ether oxygens (including phenoxy) is 1. The Morgan fingerprint density at radius 1 is 0.960 bits per heavy atom. The molecule has 2 aromatic carbocycles. The van der Waals surface area contributed by atoms with Gasteiger partial charge in [0.25, 0.3) is 11.8 Å². The molecule has 1 unspecified atom stereocenters. The molecule has 0 saturated carbocycles. The van der Waals surface area contributed by atoms with E-state index < -0.39 is 23.7 Å². The van der Waals surface area contributed by atoms with Gasteiger partial charge in [-0.25, -0.2) is 4.79 Å². The third-order valence-corrected chi connectivity index (χ3v) is 3.90. The van der Waals surface area contributed by atoms with E-state index in [2.05, 4.69) is 0 Å². The van der Waals surface area contributed by atoms with Gasteiger partial charge in [-0.05, 0) is 30.7 Å². The molecule has 2 aromatic rings. The number of nitrogens with zero attached hydrogens (tertiary/aromatic N) is 1. The van der Waals surface area contributed by atoms with E-state index in [1.54, 1.807) is 19.1 Å². The zero-order valence-electron chi connectivity index (χ0n) is 13.7. The fourth-order valence-electron chi connectivity index (χ4n) is 2.42. The monoisotopic (exact) mass is 339 g/mol. The normalized spacial score (nSPS) is 14.2. The minimum atomic E-state index is -0.647. The highest BCUT2D eigenvalue weighted by Crippen LogP contribution is 2.23. The van der Waals surface area contributed by atoms with Crippen molar-refractivity contribution in [2.75, 3.05) is 6.61 Å². The van der Waals surface area contributed by atoms with Crippen LogP contribution in [0.5, 0.6) is 5.75 Å². The number of rotatable bonds is 6. The number of hydrogen-bond acceptors (Lipinski definition) is 5. The maximum atomic E-state index is 12.2. The summed E-state index contributed by atoms with van der Waals surface area (Å²) in [6.07, 6.45) is 0.400. The molecule has 0 spiro atoms. The molecule has 0 fully saturated rings. The zero-order valence-corrected chi connectivity index (χ0v) is 13.7. The predicted molar refractivity (Wildman–Crippen MR) is 88.8 cm³/mol. The molecule has 25 heavy (non-hydrogen) atoms. The molecule has 3 rings (SSSR count). The number of benzene rings is 2. The number of hydrogen-bond donors (Lipinski definition) is 0. The maximum Gasteiger partial charge on any atom is 0.336 e. The van der Waals surface area contributed by atoms with Crippen LogP contribution in [-0.4, -0.2) is 29.5 Å². The Bertz CT molecular complexity index is 767. The maximum absolute atomic E-state index is 12.2. The Morgan fingerprint density at radius 3 is 2.12 bits per heavy atom. The molecular weight excluding hydrogens is 322 g/mol. The second-order valence-electron chi connectivity index (χ2n) is 5.71. The lowest BCUT2D eigenvalue weighted by molar-refractivity contribution is -0.173. The fraction of sp³-hybridized carbons (Fsp3) is 0.211. The highest BCUT2D eigenvalue weighted by atomic mass is 16.7. The summed E-state index contributed by atoms with van der Waals surface area (Å²) in [4.78, 5) is 41.5. The van der Waals surface area contributed by atoms with Crippen LogP contribution < -0.4 is 4.74 Å². The molecule has 0 aromatic heterocycles. The minimum Gasteiger partial charge on any atom is -0.494 e. The first-order valence-corrected chi connectivity index (χ1v) is 7.95. The molecule has 0 saturated heterocycles. The molecule has 1 aliphatic heterocycles. The van der Waals surface area contributed by atoms with Gasteiger partial charge in [0.1, 0.15) is 5.75 Å². The highest BCUT2D eigenvalue weighted by molar-refractivity contribution is 6.20. The lowest BCUT2D eigenvalue weighted by atomic mass is 10.1. The van der Waals surface area contributed by atoms with Crippen LogP contribution in [0.2, 0.25) is 0 Å². The molecule has 1 heterocycles. The number of amides is 2. The van der Waals surface area contributed by atoms with Gasteiger partial charge < -0.3 is 9.57 Å². The van der Waals surface area contributed by atoms with E-state index in [9.17, 15) is 14.4 Å². The van der Waals surface area contributed by atoms with Gasteiger partial charge >= 0.3 is 5.97 Å². The number of para-hydroxylation sites is 1. The Kier molecular flexibility index (Phi) is 4.79. The lowest BCUT2D eigenvalue weighted by Gasteiger charge is -2.16. The molecule has 6 heteroatoms. The van der Waals surface area contributed by atoms with E-state index in [0.717, 1.165) is 0 Å². The van der Waals surface area contributed by atoms with Crippen LogP contribution in [-0.2, 0) is 9.63 Å². The van der Waals surface area contributed by atoms with Crippen molar-refractivity contribution in [3.05, 3.63) is 65.7 Å². The van der Waals surface area contributed by atoms with Crippen molar-refractivity contribution in [1.29, 1.82) is 0 Å². The Hall–Kier alpha value is -3.15. The summed E-state index contributed by atoms with van der Waals surface area (Å²) in [6, 6.07) is 15.6. The second kappa shape index (κ2) is 7.17. The van der Waals surface area contributed by atoms with Crippen molar-refractivity contribution in [3.63, 3.8) is 0 Å². The van der Waals surface area contributed by atoms with Gasteiger partial charge in [-0.1, -0.05) is 42.3 Å². The van der Waals surface area contributed by atoms with Crippen molar-refractivity contribution in [3.8, 4) is 5.75 Å². The third kappa shape index (κ3) is 3.52. The third-order valence-electron chi connectivity index (χ3n) is 3.90. The molecule has 1 aliphatic rings. The largest absolute Gasteiger partial charge is 0.494 e. The van der Waals surface area contributed by atoms with Gasteiger partial charge in [-0.2, -0.15) is 0 Å². The van der Waals surface area contributed by atoms with Crippen molar-refractivity contribution >= 4 is 17.8 Å². The number of hydroxylamine groups is 2. The fourth-order valence-corrected chi connectivity index (χ4v) is 2.42. The van der Waals surface area contributed by atoms with Crippen molar-refractivity contribution in [2.24, 2.45) is 5.92 Å². The summed E-state index contributed by atoms with van der Waals surface area (Å²) in [7, 11) is 0. The molecule has 128 valence electrons. The average Bonchev–Trinajstić information content (AvgIpc) is 2.88. The first-order chi connectivity index (χ1) is 12.1. The summed E-state index contributed by atoms with van der Waals surface area (Å²) in [6.45, 7) is 1.98. The van der Waals surface area contributed by atoms with E-state index in [1.807, 2.05) is 30.3 Å². The predicted octanol–water partition coefficient (Wildman–Crippen LogP) is 2.85. The Labute approximate surface area is 144 Å². The van der Waals surface area contributed by atoms with Gasteiger partial charge in [0.05, 0.1) is 23.7 Å². The second-order valence-corrected chi connectivity index (χ2v) is 5.71. The Morgan fingerprint density at radius 2 is 1.52 bits per heavy atom. The first kappa shape index (κ1) is 16.7. The van der Waals surface area contributed by atoms with Gasteiger partial charge in [0, 0.05) is 0 Å². The van der Waals surface area contributed by atoms with E-state index >= 15 is 0 Å². The topological polar surface area (TPSA) is 72.9 Å². The summed E-state index contributed by atoms with van der Waals surface area (Å²) in [5.74, 6) is -1.70. The summed E-state index contributed by atoms with van der Waals surface area (Å²) < 4.78 is 5.53. The van der Waals surface area contributed by atoms with Crippen LogP contribution in [0, 0.1) is 5.92 Å². The van der Waals surface area contributed by atoms with E-state index in [4.69, 9.17) is 9.57 Å². The standard InChI is InChI=1S/C19H17NO5/c1-13(11-12-24-14-7-3-2-4-8-14)19(23)25-20-17(21)15-9-5-6-10-16(15)18(20)22/h2-10,13H,11-12H2,1H3. The number of fused-ring (bicyclic) bond motifs is 1. The van der Waals surface area contributed by atoms with E-state index in [-0.39, 0.29) is 11.1 Å². The van der Waals surface area contributed by atoms with Crippen LogP contribution in [0.4, 0.5) is 0 Å². The molecule has 1 atom stereocenters. The molecule has 0 radical (unpaired) electrons. The molecule has 0 bridgehead atoms. The molecule has 0 N–H and O–H groups in total. The summed E-state index contributed by atoms with van der Waals surface area (Å²) in [5, 5.41) is 0.529. The van der Waals surface area contributed by atoms with Crippen molar-refractivity contribution in [1.82, 2.24) is 5.06 Å². The number of carbonyl (C=O) groups excluding carboxylic acids is 3. The smallest absolute Gasteiger partial charge is 0.336 e. The Balaban J connectivity index is 1.54. The van der Waals surface area contributed by atoms with Crippen LogP contribution in [0.25, 0.3) is 0 Å². The van der Waals surface area contributed by atoms with Gasteiger partial charge in [0.15, 0.2) is 0 Å². The quantitative estimate of drug-likeness (QED) is 0.757. The van der Waals surface area contributed by atoms with Crippen LogP contribution in [0.3, 0.4) is 0 Å². The van der Waals surface area contributed by atoms with Crippen LogP contribution in [0.1, 0.15) is 34.1 Å². The first-order valence-electron chi connectivity index (χ1n) is 7.95. The van der Waals surface area contributed by atoms with Crippen molar-refractivity contribution < 1.29 is 24.0 Å². The van der Waals surface area contributed by atoms with Crippen LogP contribution in [0.15, 0.2) is 54.6 Å². The number of imide groups is 1. The lowest BCUT2D eigenvalue weighted by Crippen LogP contribution is -2.34. The molecular formula is C19H17NO5.